The van der Waals surface area contributed by atoms with E-state index < -0.39 is 12.1 Å². The zero-order valence-corrected chi connectivity index (χ0v) is 13.6. The number of aliphatic carboxylic acids is 1. The van der Waals surface area contributed by atoms with Crippen LogP contribution in [0.2, 0.25) is 0 Å². The van der Waals surface area contributed by atoms with Crippen molar-refractivity contribution in [1.82, 2.24) is 4.98 Å². The van der Waals surface area contributed by atoms with E-state index in [-0.39, 0.29) is 6.10 Å². The number of hydrogen-bond donors (Lipinski definition) is 1. The summed E-state index contributed by atoms with van der Waals surface area (Å²) < 4.78 is 6.56. The number of fused-ring (bicyclic) bond motifs is 1. The molecule has 0 aliphatic carbocycles. The lowest BCUT2D eigenvalue weighted by Gasteiger charge is -2.37. The summed E-state index contributed by atoms with van der Waals surface area (Å²) in [6, 6.07) is 7.97. The number of rotatable bonds is 2. The maximum absolute atomic E-state index is 11.2. The summed E-state index contributed by atoms with van der Waals surface area (Å²) >= 11 is 2.26. The first-order chi connectivity index (χ1) is 10.1. The van der Waals surface area contributed by atoms with Gasteiger partial charge in [-0.2, -0.15) is 0 Å². The number of anilines is 1. The molecule has 2 aromatic rings. The fourth-order valence-corrected chi connectivity index (χ4v) is 3.29. The van der Waals surface area contributed by atoms with E-state index in [1.807, 2.05) is 31.2 Å². The van der Waals surface area contributed by atoms with Crippen molar-refractivity contribution in [2.75, 3.05) is 18.0 Å². The molecule has 21 heavy (non-hydrogen) atoms. The van der Waals surface area contributed by atoms with Gasteiger partial charge in [0.2, 0.25) is 0 Å². The van der Waals surface area contributed by atoms with Crippen LogP contribution in [0.4, 0.5) is 5.69 Å². The van der Waals surface area contributed by atoms with Gasteiger partial charge in [-0.3, -0.25) is 4.98 Å². The smallest absolute Gasteiger partial charge is 0.334 e. The van der Waals surface area contributed by atoms with E-state index >= 15 is 0 Å². The Morgan fingerprint density at radius 2 is 2.24 bits per heavy atom. The van der Waals surface area contributed by atoms with Crippen molar-refractivity contribution < 1.29 is 14.6 Å². The predicted molar refractivity (Wildman–Crippen MR) is 88.6 cm³/mol. The van der Waals surface area contributed by atoms with Crippen LogP contribution < -0.4 is 4.90 Å². The molecule has 0 unspecified atom stereocenters. The van der Waals surface area contributed by atoms with E-state index in [1.165, 1.54) is 0 Å². The summed E-state index contributed by atoms with van der Waals surface area (Å²) in [5.41, 5.74) is 1.96. The third kappa shape index (κ3) is 2.82. The van der Waals surface area contributed by atoms with Gasteiger partial charge >= 0.3 is 5.97 Å². The van der Waals surface area contributed by atoms with Crippen LogP contribution in [-0.4, -0.2) is 41.4 Å². The van der Waals surface area contributed by atoms with Gasteiger partial charge in [-0.15, -0.1) is 0 Å². The molecule has 2 atom stereocenters. The fraction of sp³-hybridized carbons (Fsp3) is 0.333. The molecule has 0 amide bonds. The van der Waals surface area contributed by atoms with E-state index in [9.17, 15) is 9.90 Å². The Balaban J connectivity index is 2.04. The van der Waals surface area contributed by atoms with Gasteiger partial charge in [0, 0.05) is 27.4 Å². The summed E-state index contributed by atoms with van der Waals surface area (Å²) in [4.78, 5) is 17.7. The minimum Gasteiger partial charge on any atom is -0.479 e. The molecular formula is C15H15IN2O3. The number of nitrogens with zero attached hydrogens (tertiary/aromatic N) is 2. The van der Waals surface area contributed by atoms with Gasteiger partial charge in [-0.05, 0) is 53.8 Å². The van der Waals surface area contributed by atoms with Crippen LogP contribution in [0.15, 0.2) is 30.5 Å². The number of halogens is 1. The van der Waals surface area contributed by atoms with Crippen LogP contribution in [0.3, 0.4) is 0 Å². The van der Waals surface area contributed by atoms with Crippen molar-refractivity contribution in [2.24, 2.45) is 0 Å². The number of pyridine rings is 1. The van der Waals surface area contributed by atoms with Crippen LogP contribution in [0.1, 0.15) is 6.92 Å². The number of carboxylic acid groups (broad SMARTS) is 1. The molecule has 1 saturated heterocycles. The number of hydrogen-bond acceptors (Lipinski definition) is 4. The zero-order valence-electron chi connectivity index (χ0n) is 11.5. The average Bonchev–Trinajstić information content (AvgIpc) is 2.47. The summed E-state index contributed by atoms with van der Waals surface area (Å²) in [5.74, 6) is -0.917. The first-order valence-corrected chi connectivity index (χ1v) is 7.80. The first-order valence-electron chi connectivity index (χ1n) is 6.72. The Hall–Kier alpha value is -1.41. The molecule has 1 aromatic heterocycles. The summed E-state index contributed by atoms with van der Waals surface area (Å²) in [5, 5.41) is 10.3. The number of ether oxygens (including phenoxy) is 1. The highest BCUT2D eigenvalue weighted by Gasteiger charge is 2.31. The fourth-order valence-electron chi connectivity index (χ4n) is 2.68. The lowest BCUT2D eigenvalue weighted by molar-refractivity contribution is -0.154. The highest BCUT2D eigenvalue weighted by Crippen LogP contribution is 2.30. The van der Waals surface area contributed by atoms with Gasteiger partial charge in [0.05, 0.1) is 18.2 Å². The number of aromatic nitrogens is 1. The molecule has 110 valence electrons. The Morgan fingerprint density at radius 3 is 3.00 bits per heavy atom. The molecule has 1 N–H and O–H groups in total. The third-order valence-corrected chi connectivity index (χ3v) is 4.44. The molecule has 1 aliphatic rings. The van der Waals surface area contributed by atoms with E-state index in [4.69, 9.17) is 4.74 Å². The molecule has 5 nitrogen and oxygen atoms in total. The first kappa shape index (κ1) is 14.5. The highest BCUT2D eigenvalue weighted by molar-refractivity contribution is 14.1. The molecule has 0 spiro atoms. The van der Waals surface area contributed by atoms with Gasteiger partial charge in [0.1, 0.15) is 0 Å². The standard InChI is InChI=1S/C15H15IN2O3/c1-9-7-18(8-13(21-9)15(19)20)12-5-4-11(16)14-10(12)3-2-6-17-14/h2-6,9,13H,7-8H2,1H3,(H,19,20)/t9-,13-/m1/s1. The minimum absolute atomic E-state index is 0.120. The second-order valence-corrected chi connectivity index (χ2v) is 6.31. The van der Waals surface area contributed by atoms with Crippen LogP contribution in [-0.2, 0) is 9.53 Å². The summed E-state index contributed by atoms with van der Waals surface area (Å²) in [6.07, 6.45) is 0.863. The van der Waals surface area contributed by atoms with Crippen molar-refractivity contribution in [3.05, 3.63) is 34.0 Å². The van der Waals surface area contributed by atoms with Crippen LogP contribution >= 0.6 is 22.6 Å². The van der Waals surface area contributed by atoms with Gasteiger partial charge in [0.25, 0.3) is 0 Å². The molecule has 3 rings (SSSR count). The quantitative estimate of drug-likeness (QED) is 0.788. The third-order valence-electron chi connectivity index (χ3n) is 3.57. The van der Waals surface area contributed by atoms with Crippen molar-refractivity contribution in [3.8, 4) is 0 Å². The number of carboxylic acids is 1. The number of benzene rings is 1. The van der Waals surface area contributed by atoms with Crippen LogP contribution in [0, 0.1) is 3.57 Å². The van der Waals surface area contributed by atoms with Gasteiger partial charge in [0.15, 0.2) is 6.10 Å². The number of carbonyl (C=O) groups is 1. The molecule has 1 fully saturated rings. The second-order valence-electron chi connectivity index (χ2n) is 5.14. The van der Waals surface area contributed by atoms with Crippen molar-refractivity contribution in [1.29, 1.82) is 0 Å². The lowest BCUT2D eigenvalue weighted by atomic mass is 10.1. The zero-order chi connectivity index (χ0) is 15.0. The van der Waals surface area contributed by atoms with Gasteiger partial charge < -0.3 is 14.7 Å². The molecular weight excluding hydrogens is 383 g/mol. The summed E-state index contributed by atoms with van der Waals surface area (Å²) in [6.45, 7) is 2.92. The van der Waals surface area contributed by atoms with E-state index in [1.54, 1.807) is 6.20 Å². The van der Waals surface area contributed by atoms with E-state index in [0.29, 0.717) is 13.1 Å². The summed E-state index contributed by atoms with van der Waals surface area (Å²) in [7, 11) is 0. The molecule has 6 heteroatoms. The SMILES string of the molecule is C[C@@H]1CN(c2ccc(I)c3ncccc23)C[C@H](C(=O)O)O1. The number of morpholine rings is 1. The Labute approximate surface area is 136 Å². The minimum atomic E-state index is -0.917. The largest absolute Gasteiger partial charge is 0.479 e. The Kier molecular flexibility index (Phi) is 3.99. The molecule has 0 radical (unpaired) electrons. The molecule has 0 bridgehead atoms. The van der Waals surface area contributed by atoms with E-state index in [2.05, 4.69) is 32.5 Å². The average molecular weight is 398 g/mol. The maximum Gasteiger partial charge on any atom is 0.334 e. The van der Waals surface area contributed by atoms with Gasteiger partial charge in [-0.25, -0.2) is 4.79 Å². The topological polar surface area (TPSA) is 62.7 Å². The van der Waals surface area contributed by atoms with Crippen molar-refractivity contribution in [3.63, 3.8) is 0 Å². The highest BCUT2D eigenvalue weighted by atomic mass is 127. The Bertz CT molecular complexity index is 692. The molecule has 1 aliphatic heterocycles. The van der Waals surface area contributed by atoms with Crippen molar-refractivity contribution in [2.45, 2.75) is 19.1 Å². The normalized spacial score (nSPS) is 22.5. The molecule has 0 saturated carbocycles. The second kappa shape index (κ2) is 5.76. The predicted octanol–water partition coefficient (Wildman–Crippen LogP) is 2.52. The van der Waals surface area contributed by atoms with Gasteiger partial charge in [-0.1, -0.05) is 0 Å². The lowest BCUT2D eigenvalue weighted by Crippen LogP contribution is -2.49. The Morgan fingerprint density at radius 1 is 1.43 bits per heavy atom. The van der Waals surface area contributed by atoms with Crippen LogP contribution in [0.5, 0.6) is 0 Å². The maximum atomic E-state index is 11.2. The van der Waals surface area contributed by atoms with E-state index in [0.717, 1.165) is 20.2 Å². The van der Waals surface area contributed by atoms with Crippen molar-refractivity contribution >= 4 is 45.2 Å². The van der Waals surface area contributed by atoms with Crippen LogP contribution in [0.25, 0.3) is 10.9 Å². The monoisotopic (exact) mass is 398 g/mol. The molecule has 2 heterocycles. The molecule has 1 aromatic carbocycles.